The number of anilines is 2. The number of aromatic nitrogens is 2. The fourth-order valence-corrected chi connectivity index (χ4v) is 3.35. The standard InChI is InChI=1S/C22H22N4OS/c1-15(2)14-28-22-25-20(16-9-11-18(27-3)12-10-16)19(13-23)21(26-22)24-17-7-5-4-6-8-17/h4-12,15H,14H2,1-3H3,(H,24,25,26). The summed E-state index contributed by atoms with van der Waals surface area (Å²) in [5.41, 5.74) is 2.76. The molecular formula is C22H22N4OS. The molecule has 3 aromatic rings. The smallest absolute Gasteiger partial charge is 0.190 e. The molecule has 142 valence electrons. The Morgan fingerprint density at radius 3 is 2.39 bits per heavy atom. The number of hydrogen-bond donors (Lipinski definition) is 1. The lowest BCUT2D eigenvalue weighted by molar-refractivity contribution is 0.415. The van der Waals surface area contributed by atoms with Crippen LogP contribution < -0.4 is 10.1 Å². The quantitative estimate of drug-likeness (QED) is 0.423. The molecule has 0 aliphatic heterocycles. The Bertz CT molecular complexity index is 966. The molecule has 28 heavy (non-hydrogen) atoms. The van der Waals surface area contributed by atoms with Crippen LogP contribution in [0.2, 0.25) is 0 Å². The van der Waals surface area contributed by atoms with Gasteiger partial charge in [-0.3, -0.25) is 0 Å². The van der Waals surface area contributed by atoms with Gasteiger partial charge in [-0.15, -0.1) is 0 Å². The van der Waals surface area contributed by atoms with E-state index in [0.717, 1.165) is 22.8 Å². The average molecular weight is 391 g/mol. The first-order valence-electron chi connectivity index (χ1n) is 9.02. The summed E-state index contributed by atoms with van der Waals surface area (Å²) in [7, 11) is 1.63. The number of nitrogens with one attached hydrogen (secondary N) is 1. The van der Waals surface area contributed by atoms with Crippen LogP contribution in [0.4, 0.5) is 11.5 Å². The maximum absolute atomic E-state index is 9.85. The Balaban J connectivity index is 2.08. The molecule has 6 heteroatoms. The molecule has 0 saturated carbocycles. The van der Waals surface area contributed by atoms with E-state index in [4.69, 9.17) is 9.72 Å². The van der Waals surface area contributed by atoms with E-state index in [-0.39, 0.29) is 0 Å². The van der Waals surface area contributed by atoms with Gasteiger partial charge in [-0.2, -0.15) is 5.26 Å². The normalized spacial score (nSPS) is 10.5. The van der Waals surface area contributed by atoms with Crippen molar-refractivity contribution in [1.82, 2.24) is 9.97 Å². The molecular weight excluding hydrogens is 368 g/mol. The van der Waals surface area contributed by atoms with E-state index in [1.165, 1.54) is 0 Å². The van der Waals surface area contributed by atoms with E-state index in [9.17, 15) is 5.26 Å². The van der Waals surface area contributed by atoms with Crippen LogP contribution in [0.3, 0.4) is 0 Å². The maximum Gasteiger partial charge on any atom is 0.190 e. The van der Waals surface area contributed by atoms with Gasteiger partial charge in [0.2, 0.25) is 0 Å². The Kier molecular flexibility index (Phi) is 6.51. The van der Waals surface area contributed by atoms with E-state index in [2.05, 4.69) is 30.2 Å². The lowest BCUT2D eigenvalue weighted by Crippen LogP contribution is -2.04. The van der Waals surface area contributed by atoms with Crippen molar-refractivity contribution in [2.24, 2.45) is 5.92 Å². The number of hydrogen-bond acceptors (Lipinski definition) is 6. The van der Waals surface area contributed by atoms with Crippen molar-refractivity contribution in [3.8, 4) is 23.1 Å². The molecule has 1 aromatic heterocycles. The summed E-state index contributed by atoms with van der Waals surface area (Å²) in [5.74, 6) is 2.69. The van der Waals surface area contributed by atoms with Gasteiger partial charge in [0.25, 0.3) is 0 Å². The predicted octanol–water partition coefficient (Wildman–Crippen LogP) is 5.52. The van der Waals surface area contributed by atoms with Crippen LogP contribution in [0.15, 0.2) is 59.8 Å². The zero-order chi connectivity index (χ0) is 19.9. The predicted molar refractivity (Wildman–Crippen MR) is 114 cm³/mol. The first-order valence-corrected chi connectivity index (χ1v) is 10.0. The van der Waals surface area contributed by atoms with Gasteiger partial charge in [-0.25, -0.2) is 9.97 Å². The van der Waals surface area contributed by atoms with Gasteiger partial charge in [-0.05, 0) is 42.3 Å². The molecule has 0 aliphatic carbocycles. The van der Waals surface area contributed by atoms with E-state index in [1.54, 1.807) is 18.9 Å². The molecule has 0 saturated heterocycles. The third-order valence-electron chi connectivity index (χ3n) is 3.95. The molecule has 1 N–H and O–H groups in total. The molecule has 5 nitrogen and oxygen atoms in total. The summed E-state index contributed by atoms with van der Waals surface area (Å²) in [5, 5.41) is 13.8. The van der Waals surface area contributed by atoms with Gasteiger partial charge in [0, 0.05) is 17.0 Å². The number of benzene rings is 2. The summed E-state index contributed by atoms with van der Waals surface area (Å²) < 4.78 is 5.24. The third kappa shape index (κ3) is 4.81. The minimum atomic E-state index is 0.419. The minimum absolute atomic E-state index is 0.419. The molecule has 0 atom stereocenters. The van der Waals surface area contributed by atoms with Crippen molar-refractivity contribution < 1.29 is 4.74 Å². The lowest BCUT2D eigenvalue weighted by Gasteiger charge is -2.13. The van der Waals surface area contributed by atoms with Gasteiger partial charge in [-0.1, -0.05) is 43.8 Å². The number of nitriles is 1. The second kappa shape index (κ2) is 9.25. The molecule has 0 fully saturated rings. The van der Waals surface area contributed by atoms with Crippen LogP contribution in [-0.2, 0) is 0 Å². The molecule has 0 unspecified atom stereocenters. The van der Waals surface area contributed by atoms with Gasteiger partial charge in [0.1, 0.15) is 17.4 Å². The second-order valence-electron chi connectivity index (χ2n) is 6.61. The third-order valence-corrected chi connectivity index (χ3v) is 5.22. The molecule has 3 rings (SSSR count). The average Bonchev–Trinajstić information content (AvgIpc) is 2.72. The summed E-state index contributed by atoms with van der Waals surface area (Å²) >= 11 is 1.59. The highest BCUT2D eigenvalue weighted by molar-refractivity contribution is 7.99. The van der Waals surface area contributed by atoms with Crippen molar-refractivity contribution in [3.05, 3.63) is 60.2 Å². The number of nitrogens with zero attached hydrogens (tertiary/aromatic N) is 3. The molecule has 0 spiro atoms. The van der Waals surface area contributed by atoms with E-state index in [0.29, 0.717) is 28.1 Å². The molecule has 0 amide bonds. The lowest BCUT2D eigenvalue weighted by atomic mass is 10.1. The van der Waals surface area contributed by atoms with Gasteiger partial charge >= 0.3 is 0 Å². The van der Waals surface area contributed by atoms with E-state index >= 15 is 0 Å². The van der Waals surface area contributed by atoms with Crippen LogP contribution in [0.25, 0.3) is 11.3 Å². The monoisotopic (exact) mass is 390 g/mol. The summed E-state index contributed by atoms with van der Waals surface area (Å²) in [6, 6.07) is 19.5. The van der Waals surface area contributed by atoms with Gasteiger partial charge in [0.15, 0.2) is 11.0 Å². The molecule has 2 aromatic carbocycles. The van der Waals surface area contributed by atoms with Crippen LogP contribution in [0.5, 0.6) is 5.75 Å². The number of rotatable bonds is 7. The fraction of sp³-hybridized carbons (Fsp3) is 0.227. The fourth-order valence-electron chi connectivity index (χ4n) is 2.56. The summed E-state index contributed by atoms with van der Waals surface area (Å²) in [6.07, 6.45) is 0. The van der Waals surface area contributed by atoms with Crippen LogP contribution in [0.1, 0.15) is 19.4 Å². The number of thioether (sulfide) groups is 1. The first-order chi connectivity index (χ1) is 13.6. The highest BCUT2D eigenvalue weighted by Gasteiger charge is 2.17. The maximum atomic E-state index is 9.85. The van der Waals surface area contributed by atoms with Crippen molar-refractivity contribution in [3.63, 3.8) is 0 Å². The van der Waals surface area contributed by atoms with Crippen LogP contribution >= 0.6 is 11.8 Å². The zero-order valence-corrected chi connectivity index (χ0v) is 17.0. The van der Waals surface area contributed by atoms with Crippen LogP contribution in [0, 0.1) is 17.2 Å². The van der Waals surface area contributed by atoms with Gasteiger partial charge < -0.3 is 10.1 Å². The molecule has 0 aliphatic rings. The molecule has 0 bridgehead atoms. The van der Waals surface area contributed by atoms with Crippen molar-refractivity contribution >= 4 is 23.3 Å². The Labute approximate surface area is 169 Å². The second-order valence-corrected chi connectivity index (χ2v) is 7.60. The number of methoxy groups -OCH3 is 1. The zero-order valence-electron chi connectivity index (χ0n) is 16.1. The molecule has 1 heterocycles. The summed E-state index contributed by atoms with van der Waals surface area (Å²) in [4.78, 5) is 9.32. The SMILES string of the molecule is COc1ccc(-c2nc(SCC(C)C)nc(Nc3ccccc3)c2C#N)cc1. The van der Waals surface area contributed by atoms with E-state index < -0.39 is 0 Å². The number of para-hydroxylation sites is 1. The number of ether oxygens (including phenoxy) is 1. The highest BCUT2D eigenvalue weighted by atomic mass is 32.2. The van der Waals surface area contributed by atoms with Crippen LogP contribution in [-0.4, -0.2) is 22.8 Å². The minimum Gasteiger partial charge on any atom is -0.497 e. The largest absolute Gasteiger partial charge is 0.497 e. The Morgan fingerprint density at radius 1 is 1.07 bits per heavy atom. The first kappa shape index (κ1) is 19.7. The van der Waals surface area contributed by atoms with Gasteiger partial charge in [0.05, 0.1) is 12.8 Å². The highest BCUT2D eigenvalue weighted by Crippen LogP contribution is 2.31. The summed E-state index contributed by atoms with van der Waals surface area (Å²) in [6.45, 7) is 4.31. The topological polar surface area (TPSA) is 70.8 Å². The Morgan fingerprint density at radius 2 is 1.79 bits per heavy atom. The van der Waals surface area contributed by atoms with Crippen molar-refractivity contribution in [2.45, 2.75) is 19.0 Å². The van der Waals surface area contributed by atoms with Crippen molar-refractivity contribution in [1.29, 1.82) is 5.26 Å². The Hall–Kier alpha value is -3.04. The molecule has 0 radical (unpaired) electrons. The van der Waals surface area contributed by atoms with Crippen molar-refractivity contribution in [2.75, 3.05) is 18.2 Å². The van der Waals surface area contributed by atoms with E-state index in [1.807, 2.05) is 54.6 Å².